The minimum absolute atomic E-state index is 0.0271. The van der Waals surface area contributed by atoms with Gasteiger partial charge in [0.05, 0.1) is 28.4 Å². The number of methoxy groups -OCH3 is 4. The Hall–Kier alpha value is -5.23. The second-order valence-electron chi connectivity index (χ2n) is 10.8. The first kappa shape index (κ1) is 29.5. The molecule has 234 valence electrons. The number of carbonyl (C=O) groups excluding carboxylic acids is 3. The first-order chi connectivity index (χ1) is 22.2. The molecule has 0 saturated carbocycles. The Labute approximate surface area is 263 Å². The van der Waals surface area contributed by atoms with E-state index in [2.05, 4.69) is 0 Å². The molecule has 3 heterocycles. The van der Waals surface area contributed by atoms with E-state index in [0.717, 1.165) is 0 Å². The van der Waals surface area contributed by atoms with Crippen molar-refractivity contribution < 1.29 is 52.3 Å². The predicted octanol–water partition coefficient (Wildman–Crippen LogP) is 4.40. The van der Waals surface area contributed by atoms with E-state index in [9.17, 15) is 14.4 Å². The highest BCUT2D eigenvalue weighted by atomic mass is 17.0. The Bertz CT molecular complexity index is 1840. The van der Waals surface area contributed by atoms with Crippen molar-refractivity contribution in [2.24, 2.45) is 0 Å². The van der Waals surface area contributed by atoms with E-state index in [1.54, 1.807) is 84.9 Å². The molecule has 0 amide bonds. The maximum absolute atomic E-state index is 15.0. The van der Waals surface area contributed by atoms with Crippen LogP contribution in [0, 0.1) is 0 Å². The van der Waals surface area contributed by atoms with E-state index in [1.165, 1.54) is 40.6 Å². The fraction of sp³-hybridized carbons (Fsp3) is 0.229. The number of ketones is 2. The number of hydrogen-bond acceptors (Lipinski definition) is 11. The topological polar surface area (TPSA) is 125 Å². The largest absolute Gasteiger partial charge is 0.497 e. The van der Waals surface area contributed by atoms with Crippen molar-refractivity contribution >= 4 is 17.5 Å². The van der Waals surface area contributed by atoms with Crippen LogP contribution >= 0.6 is 0 Å². The van der Waals surface area contributed by atoms with Crippen LogP contribution in [0.5, 0.6) is 23.0 Å². The van der Waals surface area contributed by atoms with Crippen molar-refractivity contribution in [3.05, 3.63) is 119 Å². The first-order valence-corrected chi connectivity index (χ1v) is 14.2. The molecular weight excluding hydrogens is 596 g/mol. The lowest BCUT2D eigenvalue weighted by Crippen LogP contribution is -2.65. The summed E-state index contributed by atoms with van der Waals surface area (Å²) >= 11 is 0. The highest BCUT2D eigenvalue weighted by Crippen LogP contribution is 2.74. The van der Waals surface area contributed by atoms with Gasteiger partial charge >= 0.3 is 11.9 Å². The van der Waals surface area contributed by atoms with Gasteiger partial charge in [-0.25, -0.2) is 4.79 Å². The van der Waals surface area contributed by atoms with Crippen LogP contribution < -0.4 is 18.9 Å². The summed E-state index contributed by atoms with van der Waals surface area (Å²) in [6, 6.07) is 25.2. The van der Waals surface area contributed by atoms with Gasteiger partial charge in [0.1, 0.15) is 23.0 Å². The third kappa shape index (κ3) is 3.73. The van der Waals surface area contributed by atoms with Gasteiger partial charge in [-0.1, -0.05) is 12.1 Å². The van der Waals surface area contributed by atoms with Gasteiger partial charge in [0.15, 0.2) is 0 Å². The highest BCUT2D eigenvalue weighted by Gasteiger charge is 2.96. The molecule has 0 spiro atoms. The molecule has 7 rings (SSSR count). The lowest BCUT2D eigenvalue weighted by atomic mass is 9.69. The van der Waals surface area contributed by atoms with Crippen molar-refractivity contribution in [1.82, 2.24) is 0 Å². The molecule has 3 aliphatic rings. The fourth-order valence-corrected chi connectivity index (χ4v) is 6.35. The summed E-state index contributed by atoms with van der Waals surface area (Å²) in [7, 11) is 5.99. The number of esters is 1. The maximum atomic E-state index is 15.0. The first-order valence-electron chi connectivity index (χ1n) is 14.2. The molecule has 4 aromatic carbocycles. The number of benzene rings is 4. The van der Waals surface area contributed by atoms with Gasteiger partial charge in [-0.15, -0.1) is 0 Å². The van der Waals surface area contributed by atoms with E-state index < -0.39 is 40.5 Å². The van der Waals surface area contributed by atoms with Gasteiger partial charge in [0, 0.05) is 16.7 Å². The van der Waals surface area contributed by atoms with Gasteiger partial charge in [-0.2, -0.15) is 0 Å². The van der Waals surface area contributed by atoms with Crippen LogP contribution in [0.1, 0.15) is 27.0 Å². The quantitative estimate of drug-likeness (QED) is 0.142. The number of ether oxygens (including phenoxy) is 8. The van der Waals surface area contributed by atoms with Crippen molar-refractivity contribution in [3.8, 4) is 23.0 Å². The fourth-order valence-electron chi connectivity index (χ4n) is 6.35. The van der Waals surface area contributed by atoms with Gasteiger partial charge in [-0.05, 0) is 90.5 Å². The van der Waals surface area contributed by atoms with Gasteiger partial charge in [-0.3, -0.25) is 23.8 Å². The van der Waals surface area contributed by atoms with Crippen molar-refractivity contribution in [2.45, 2.75) is 23.0 Å². The standard InChI is InChI=1S/C35H28O11/c1-39-25-13-5-21(6-14-25)29(36)30(37)33-32(22-7-15-26(40-2)16-8-22)31(38)43-34(33,23-9-17-27(41-3)18-10-23)46-35(44-32,45-33)24-11-19-28(42-4)20-12-24/h5-20H,1-4H3/t32-,33-,34-,35-/m1/s1. The highest BCUT2D eigenvalue weighted by molar-refractivity contribution is 6.47. The minimum atomic E-state index is -2.52. The summed E-state index contributed by atoms with van der Waals surface area (Å²) < 4.78 is 47.2. The second-order valence-corrected chi connectivity index (χ2v) is 10.8. The average molecular weight is 625 g/mol. The number of hydrogen-bond donors (Lipinski definition) is 0. The van der Waals surface area contributed by atoms with Crippen LogP contribution in [0.25, 0.3) is 0 Å². The van der Waals surface area contributed by atoms with Gasteiger partial charge in [0.2, 0.25) is 17.2 Å². The molecule has 46 heavy (non-hydrogen) atoms. The van der Waals surface area contributed by atoms with E-state index in [1.807, 2.05) is 0 Å². The van der Waals surface area contributed by atoms with Crippen LogP contribution in [0.15, 0.2) is 97.1 Å². The van der Waals surface area contributed by atoms with Crippen molar-refractivity contribution in [3.63, 3.8) is 0 Å². The van der Waals surface area contributed by atoms with Crippen molar-refractivity contribution in [1.29, 1.82) is 0 Å². The second kappa shape index (κ2) is 10.4. The Balaban J connectivity index is 1.51. The Morgan fingerprint density at radius 2 is 0.978 bits per heavy atom. The third-order valence-electron chi connectivity index (χ3n) is 8.62. The summed E-state index contributed by atoms with van der Waals surface area (Å²) in [5.74, 6) is -5.57. The molecule has 0 aromatic heterocycles. The lowest BCUT2D eigenvalue weighted by molar-refractivity contribution is -0.379. The predicted molar refractivity (Wildman–Crippen MR) is 158 cm³/mol. The van der Waals surface area contributed by atoms with Crippen LogP contribution in [0.4, 0.5) is 0 Å². The third-order valence-corrected chi connectivity index (χ3v) is 8.62. The zero-order valence-electron chi connectivity index (χ0n) is 25.2. The van der Waals surface area contributed by atoms with Crippen LogP contribution in [0.2, 0.25) is 0 Å². The molecule has 3 saturated heterocycles. The molecule has 0 radical (unpaired) electrons. The zero-order chi connectivity index (χ0) is 32.3. The maximum Gasteiger partial charge on any atom is 0.350 e. The molecule has 4 aromatic rings. The summed E-state index contributed by atoms with van der Waals surface area (Å²) in [4.78, 5) is 43.6. The van der Waals surface area contributed by atoms with Crippen LogP contribution in [0.3, 0.4) is 0 Å². The zero-order valence-corrected chi connectivity index (χ0v) is 25.2. The molecule has 0 unspecified atom stereocenters. The molecule has 4 atom stereocenters. The number of Topliss-reactive ketones (excluding diaryl/α,β-unsaturated/α-hetero) is 2. The summed E-state index contributed by atoms with van der Waals surface area (Å²) in [5, 5.41) is 0. The lowest BCUT2D eigenvalue weighted by Gasteiger charge is -2.41. The molecule has 2 bridgehead atoms. The Morgan fingerprint density at radius 1 is 0.543 bits per heavy atom. The van der Waals surface area contributed by atoms with Crippen LogP contribution in [-0.2, 0) is 45.9 Å². The summed E-state index contributed by atoms with van der Waals surface area (Å²) in [6.45, 7) is 0. The minimum Gasteiger partial charge on any atom is -0.497 e. The molecule has 0 N–H and O–H groups in total. The molecule has 0 aliphatic carbocycles. The molecule has 3 aliphatic heterocycles. The molecule has 3 fully saturated rings. The summed E-state index contributed by atoms with van der Waals surface area (Å²) in [6.07, 6.45) is 0. The number of carbonyl (C=O) groups is 3. The van der Waals surface area contributed by atoms with E-state index in [-0.39, 0.29) is 22.3 Å². The normalized spacial score (nSPS) is 27.2. The Kier molecular flexibility index (Phi) is 6.67. The SMILES string of the molecule is COc1ccc(C(=O)C(=O)[C@]23O[C@]4(c5ccc(OC)cc5)O[C@@]2(c2ccc(OC)cc2)OC(=O)[C@@]3(c2ccc(OC)cc2)O4)cc1. The Morgan fingerprint density at radius 3 is 1.46 bits per heavy atom. The molecular formula is C35H28O11. The average Bonchev–Trinajstić information content (AvgIpc) is 3.63. The van der Waals surface area contributed by atoms with E-state index in [0.29, 0.717) is 23.0 Å². The van der Waals surface area contributed by atoms with Gasteiger partial charge < -0.3 is 23.7 Å². The van der Waals surface area contributed by atoms with Crippen LogP contribution in [-0.4, -0.2) is 51.6 Å². The molecule has 11 heteroatoms. The van der Waals surface area contributed by atoms with E-state index >= 15 is 0 Å². The number of fused-ring (bicyclic) bond motifs is 1. The summed E-state index contributed by atoms with van der Waals surface area (Å²) in [5.41, 5.74) is -4.12. The number of rotatable bonds is 10. The van der Waals surface area contributed by atoms with Gasteiger partial charge in [0.25, 0.3) is 11.4 Å². The monoisotopic (exact) mass is 624 g/mol. The van der Waals surface area contributed by atoms with Crippen molar-refractivity contribution in [2.75, 3.05) is 28.4 Å². The smallest absolute Gasteiger partial charge is 0.350 e. The molecule has 11 nitrogen and oxygen atoms in total. The van der Waals surface area contributed by atoms with E-state index in [4.69, 9.17) is 37.9 Å².